The van der Waals surface area contributed by atoms with E-state index in [4.69, 9.17) is 9.47 Å². The van der Waals surface area contributed by atoms with Crippen molar-refractivity contribution in [2.45, 2.75) is 32.1 Å². The van der Waals surface area contributed by atoms with E-state index in [9.17, 15) is 4.79 Å². The number of carbonyl (C=O) groups excluding carboxylic acids is 1. The Bertz CT molecular complexity index is 771. The summed E-state index contributed by atoms with van der Waals surface area (Å²) in [6, 6.07) is 6.02. The van der Waals surface area contributed by atoms with Gasteiger partial charge in [0.25, 0.3) is 0 Å². The number of carbonyl (C=O) groups is 1. The van der Waals surface area contributed by atoms with E-state index in [-0.39, 0.29) is 11.8 Å². The Morgan fingerprint density at radius 2 is 2.16 bits per heavy atom. The van der Waals surface area contributed by atoms with Crippen LogP contribution in [-0.4, -0.2) is 35.9 Å². The number of nitrogens with zero attached hydrogens (tertiary/aromatic N) is 1. The van der Waals surface area contributed by atoms with E-state index in [2.05, 4.69) is 15.5 Å². The Balaban J connectivity index is 1.25. The van der Waals surface area contributed by atoms with E-state index in [1.165, 1.54) is 11.1 Å². The zero-order valence-electron chi connectivity index (χ0n) is 14.4. The van der Waals surface area contributed by atoms with Crippen molar-refractivity contribution >= 4 is 5.91 Å². The zero-order chi connectivity index (χ0) is 17.2. The number of aromatic amines is 1. The van der Waals surface area contributed by atoms with Crippen LogP contribution in [0.2, 0.25) is 0 Å². The van der Waals surface area contributed by atoms with Crippen LogP contribution in [0.5, 0.6) is 11.5 Å². The molecule has 25 heavy (non-hydrogen) atoms. The summed E-state index contributed by atoms with van der Waals surface area (Å²) in [4.78, 5) is 12.3. The monoisotopic (exact) mass is 341 g/mol. The minimum Gasteiger partial charge on any atom is -0.486 e. The molecule has 2 atom stereocenters. The first-order chi connectivity index (χ1) is 12.2. The number of ether oxygens (including phenoxy) is 2. The van der Waals surface area contributed by atoms with Gasteiger partial charge in [0.05, 0.1) is 6.20 Å². The molecule has 0 bridgehead atoms. The second-order valence-electron chi connectivity index (χ2n) is 6.77. The molecule has 2 aromatic rings. The average molecular weight is 341 g/mol. The molecule has 1 aliphatic carbocycles. The fourth-order valence-electron chi connectivity index (χ4n) is 3.39. The Hall–Kier alpha value is -2.50. The molecule has 2 heterocycles. The summed E-state index contributed by atoms with van der Waals surface area (Å²) in [5, 5.41) is 10.0. The third-order valence-corrected chi connectivity index (χ3v) is 4.98. The third kappa shape index (κ3) is 3.48. The Morgan fingerprint density at radius 1 is 1.32 bits per heavy atom. The predicted molar refractivity (Wildman–Crippen MR) is 92.9 cm³/mol. The van der Waals surface area contributed by atoms with E-state index in [0.717, 1.165) is 36.5 Å². The van der Waals surface area contributed by atoms with E-state index in [1.54, 1.807) is 0 Å². The van der Waals surface area contributed by atoms with Gasteiger partial charge >= 0.3 is 0 Å². The number of aryl methyl sites for hydroxylation is 2. The van der Waals surface area contributed by atoms with Crippen LogP contribution in [0.4, 0.5) is 0 Å². The SMILES string of the molecule is Cc1[nH]ncc1CCCNC(=O)[C@@H]1C[C@@H]1c1ccc2c(c1)OCCO2. The van der Waals surface area contributed by atoms with Gasteiger partial charge < -0.3 is 14.8 Å². The number of hydrogen-bond donors (Lipinski definition) is 2. The largest absolute Gasteiger partial charge is 0.486 e. The fraction of sp³-hybridized carbons (Fsp3) is 0.474. The summed E-state index contributed by atoms with van der Waals surface area (Å²) < 4.78 is 11.2. The van der Waals surface area contributed by atoms with E-state index in [0.29, 0.717) is 25.7 Å². The fourth-order valence-corrected chi connectivity index (χ4v) is 3.39. The normalized spacial score (nSPS) is 21.0. The summed E-state index contributed by atoms with van der Waals surface area (Å²) in [7, 11) is 0. The van der Waals surface area contributed by atoms with Crippen molar-refractivity contribution in [2.24, 2.45) is 5.92 Å². The standard InChI is InChI=1S/C19H23N3O3/c1-12-14(11-21-22-12)3-2-6-20-19(23)16-10-15(16)13-4-5-17-18(9-13)25-8-7-24-17/h4-5,9,11,15-16H,2-3,6-8,10H2,1H3,(H,20,23)(H,21,22)/t15-,16-/m1/s1. The highest BCUT2D eigenvalue weighted by molar-refractivity contribution is 5.82. The van der Waals surface area contributed by atoms with Gasteiger partial charge in [0, 0.05) is 18.2 Å². The molecule has 1 fully saturated rings. The molecule has 1 saturated carbocycles. The number of hydrogen-bond acceptors (Lipinski definition) is 4. The third-order valence-electron chi connectivity index (χ3n) is 4.98. The van der Waals surface area contributed by atoms with Gasteiger partial charge in [0.2, 0.25) is 5.91 Å². The van der Waals surface area contributed by atoms with Crippen LogP contribution in [0.1, 0.15) is 35.6 Å². The number of fused-ring (bicyclic) bond motifs is 1. The number of benzene rings is 1. The highest BCUT2D eigenvalue weighted by atomic mass is 16.6. The van der Waals surface area contributed by atoms with Gasteiger partial charge in [0.15, 0.2) is 11.5 Å². The number of amides is 1. The lowest BCUT2D eigenvalue weighted by Gasteiger charge is -2.18. The van der Waals surface area contributed by atoms with Gasteiger partial charge in [-0.05, 0) is 55.4 Å². The Labute approximate surface area is 146 Å². The van der Waals surface area contributed by atoms with Gasteiger partial charge in [-0.1, -0.05) is 6.07 Å². The first-order valence-electron chi connectivity index (χ1n) is 8.88. The zero-order valence-corrected chi connectivity index (χ0v) is 14.4. The smallest absolute Gasteiger partial charge is 0.223 e. The molecule has 0 radical (unpaired) electrons. The molecule has 0 unspecified atom stereocenters. The lowest BCUT2D eigenvalue weighted by Crippen LogP contribution is -2.26. The molecule has 1 amide bonds. The van der Waals surface area contributed by atoms with Gasteiger partial charge in [-0.2, -0.15) is 5.10 Å². The van der Waals surface area contributed by atoms with Crippen molar-refractivity contribution in [3.63, 3.8) is 0 Å². The molecule has 6 heteroatoms. The van der Waals surface area contributed by atoms with Gasteiger partial charge in [-0.15, -0.1) is 0 Å². The molecule has 6 nitrogen and oxygen atoms in total. The van der Waals surface area contributed by atoms with Crippen LogP contribution in [0.25, 0.3) is 0 Å². The molecular formula is C19H23N3O3. The van der Waals surface area contributed by atoms with E-state index in [1.807, 2.05) is 31.3 Å². The Morgan fingerprint density at radius 3 is 2.96 bits per heavy atom. The minimum atomic E-state index is 0.0817. The highest BCUT2D eigenvalue weighted by Gasteiger charge is 2.44. The summed E-state index contributed by atoms with van der Waals surface area (Å²) in [6.45, 7) is 3.90. The number of aromatic nitrogens is 2. The number of nitrogens with one attached hydrogen (secondary N) is 2. The molecule has 1 aromatic heterocycles. The van der Waals surface area contributed by atoms with Crippen LogP contribution in [0.15, 0.2) is 24.4 Å². The first-order valence-corrected chi connectivity index (χ1v) is 8.88. The summed E-state index contributed by atoms with van der Waals surface area (Å²) in [6.07, 6.45) is 4.62. The van der Waals surface area contributed by atoms with Crippen molar-refractivity contribution in [1.29, 1.82) is 0 Å². The molecule has 0 spiro atoms. The van der Waals surface area contributed by atoms with Crippen LogP contribution in [0, 0.1) is 12.8 Å². The second kappa shape index (κ2) is 6.78. The molecule has 2 N–H and O–H groups in total. The topological polar surface area (TPSA) is 76.2 Å². The van der Waals surface area contributed by atoms with Gasteiger partial charge in [-0.25, -0.2) is 0 Å². The van der Waals surface area contributed by atoms with Crippen LogP contribution < -0.4 is 14.8 Å². The maximum absolute atomic E-state index is 12.3. The van der Waals surface area contributed by atoms with Crippen LogP contribution >= 0.6 is 0 Å². The lowest BCUT2D eigenvalue weighted by molar-refractivity contribution is -0.122. The van der Waals surface area contributed by atoms with E-state index >= 15 is 0 Å². The van der Waals surface area contributed by atoms with Gasteiger partial charge in [-0.3, -0.25) is 9.89 Å². The van der Waals surface area contributed by atoms with E-state index < -0.39 is 0 Å². The lowest BCUT2D eigenvalue weighted by atomic mass is 10.1. The van der Waals surface area contributed by atoms with Gasteiger partial charge in [0.1, 0.15) is 13.2 Å². The van der Waals surface area contributed by atoms with Crippen molar-refractivity contribution in [3.8, 4) is 11.5 Å². The van der Waals surface area contributed by atoms with Crippen molar-refractivity contribution in [1.82, 2.24) is 15.5 Å². The summed E-state index contributed by atoms with van der Waals surface area (Å²) in [5.74, 6) is 2.13. The Kier molecular flexibility index (Phi) is 4.34. The summed E-state index contributed by atoms with van der Waals surface area (Å²) in [5.41, 5.74) is 3.49. The first kappa shape index (κ1) is 16.0. The second-order valence-corrected chi connectivity index (χ2v) is 6.77. The minimum absolute atomic E-state index is 0.0817. The maximum Gasteiger partial charge on any atom is 0.223 e. The van der Waals surface area contributed by atoms with Crippen molar-refractivity contribution in [3.05, 3.63) is 41.2 Å². The number of rotatable bonds is 6. The molecule has 132 valence electrons. The summed E-state index contributed by atoms with van der Waals surface area (Å²) >= 11 is 0. The molecule has 4 rings (SSSR count). The predicted octanol–water partition coefficient (Wildman–Crippen LogP) is 2.34. The molecular weight excluding hydrogens is 318 g/mol. The van der Waals surface area contributed by atoms with Crippen LogP contribution in [0.3, 0.4) is 0 Å². The van der Waals surface area contributed by atoms with Crippen LogP contribution in [-0.2, 0) is 11.2 Å². The maximum atomic E-state index is 12.3. The quantitative estimate of drug-likeness (QED) is 0.791. The highest BCUT2D eigenvalue weighted by Crippen LogP contribution is 2.49. The molecule has 2 aliphatic rings. The van der Waals surface area contributed by atoms with Crippen molar-refractivity contribution in [2.75, 3.05) is 19.8 Å². The number of H-pyrrole nitrogens is 1. The molecule has 1 aromatic carbocycles. The molecule has 0 saturated heterocycles. The average Bonchev–Trinajstić information content (AvgIpc) is 3.34. The van der Waals surface area contributed by atoms with Crippen molar-refractivity contribution < 1.29 is 14.3 Å². The molecule has 1 aliphatic heterocycles.